The Morgan fingerprint density at radius 3 is 2.86 bits per heavy atom. The molecule has 0 amide bonds. The molecule has 0 saturated heterocycles. The summed E-state index contributed by atoms with van der Waals surface area (Å²) < 4.78 is 18.0. The maximum atomic E-state index is 13.3. The van der Waals surface area contributed by atoms with Gasteiger partial charge in [-0.05, 0) is 18.6 Å². The van der Waals surface area contributed by atoms with Crippen molar-refractivity contribution in [1.82, 2.24) is 0 Å². The third-order valence-electron chi connectivity index (χ3n) is 1.53. The first kappa shape index (κ1) is 11.6. The average molecular weight is 237 g/mol. The van der Waals surface area contributed by atoms with E-state index in [0.29, 0.717) is 5.56 Å². The zero-order chi connectivity index (χ0) is 10.6. The number of benzene rings is 1. The van der Waals surface area contributed by atoms with E-state index in [1.807, 2.05) is 6.92 Å². The van der Waals surface area contributed by atoms with E-state index in [2.05, 4.69) is 4.33 Å². The lowest BCUT2D eigenvalue weighted by Gasteiger charge is -2.05. The molecule has 0 aromatic heterocycles. The molecule has 0 aliphatic carbocycles. The number of hydrogen-bond donors (Lipinski definition) is 0. The molecule has 0 unspecified atom stereocenters. The SMILES string of the molecule is CCSOOc1ccc(C)c(Cl)c1F. The van der Waals surface area contributed by atoms with E-state index in [-0.39, 0.29) is 10.8 Å². The van der Waals surface area contributed by atoms with Gasteiger partial charge in [0.2, 0.25) is 5.75 Å². The molecule has 0 atom stereocenters. The molecule has 78 valence electrons. The topological polar surface area (TPSA) is 18.5 Å². The Balaban J connectivity index is 2.73. The third-order valence-corrected chi connectivity index (χ3v) is 2.39. The van der Waals surface area contributed by atoms with Gasteiger partial charge in [0.15, 0.2) is 5.82 Å². The third kappa shape index (κ3) is 2.77. The average Bonchev–Trinajstić information content (AvgIpc) is 2.18. The second-order valence-corrected chi connectivity index (χ2v) is 3.89. The highest BCUT2D eigenvalue weighted by Gasteiger charge is 2.11. The first-order valence-corrected chi connectivity index (χ1v) is 5.36. The van der Waals surface area contributed by atoms with Gasteiger partial charge in [0.1, 0.15) is 0 Å². The second kappa shape index (κ2) is 5.44. The summed E-state index contributed by atoms with van der Waals surface area (Å²) in [6.45, 7) is 3.61. The highest BCUT2D eigenvalue weighted by atomic mass is 35.5. The zero-order valence-electron chi connectivity index (χ0n) is 7.84. The van der Waals surface area contributed by atoms with Crippen LogP contribution in [0, 0.1) is 12.7 Å². The Labute approximate surface area is 91.5 Å². The van der Waals surface area contributed by atoms with Crippen molar-refractivity contribution < 1.29 is 13.6 Å². The van der Waals surface area contributed by atoms with Crippen molar-refractivity contribution in [3.8, 4) is 5.75 Å². The summed E-state index contributed by atoms with van der Waals surface area (Å²) in [6, 6.07) is 3.15. The minimum atomic E-state index is -0.594. The maximum Gasteiger partial charge on any atom is 0.203 e. The highest BCUT2D eigenvalue weighted by molar-refractivity contribution is 7.94. The molecule has 0 N–H and O–H groups in total. The van der Waals surface area contributed by atoms with E-state index in [9.17, 15) is 4.39 Å². The number of halogens is 2. The second-order valence-electron chi connectivity index (χ2n) is 2.57. The molecular weight excluding hydrogens is 227 g/mol. The maximum absolute atomic E-state index is 13.3. The lowest BCUT2D eigenvalue weighted by atomic mass is 10.2. The summed E-state index contributed by atoms with van der Waals surface area (Å²) in [5, 5.41) is 0.0626. The Kier molecular flexibility index (Phi) is 4.51. The molecule has 0 aliphatic heterocycles. The molecule has 0 heterocycles. The van der Waals surface area contributed by atoms with Gasteiger partial charge >= 0.3 is 0 Å². The summed E-state index contributed by atoms with van der Waals surface area (Å²) in [4.78, 5) is 4.72. The molecule has 0 spiro atoms. The van der Waals surface area contributed by atoms with Gasteiger partial charge in [-0.15, -0.1) is 4.33 Å². The van der Waals surface area contributed by atoms with Crippen LogP contribution in [0.3, 0.4) is 0 Å². The van der Waals surface area contributed by atoms with Gasteiger partial charge in [0.25, 0.3) is 0 Å². The molecule has 0 radical (unpaired) electrons. The molecule has 14 heavy (non-hydrogen) atoms. The van der Waals surface area contributed by atoms with Crippen molar-refractivity contribution >= 4 is 23.6 Å². The fourth-order valence-corrected chi connectivity index (χ4v) is 1.18. The van der Waals surface area contributed by atoms with Crippen LogP contribution in [0.15, 0.2) is 12.1 Å². The summed E-state index contributed by atoms with van der Waals surface area (Å²) in [5.74, 6) is 0.131. The Morgan fingerprint density at radius 2 is 2.21 bits per heavy atom. The largest absolute Gasteiger partial charge is 0.322 e. The highest BCUT2D eigenvalue weighted by Crippen LogP contribution is 2.28. The fourth-order valence-electron chi connectivity index (χ4n) is 0.801. The quantitative estimate of drug-likeness (QED) is 0.343. The first-order chi connectivity index (χ1) is 6.66. The molecule has 0 saturated carbocycles. The lowest BCUT2D eigenvalue weighted by Crippen LogP contribution is -1.94. The molecule has 5 heteroatoms. The van der Waals surface area contributed by atoms with Crippen LogP contribution >= 0.6 is 23.6 Å². The minimum Gasteiger partial charge on any atom is -0.322 e. The number of rotatable bonds is 4. The molecule has 0 fully saturated rings. The fraction of sp³-hybridized carbons (Fsp3) is 0.333. The molecule has 1 aromatic rings. The van der Waals surface area contributed by atoms with Crippen LogP contribution in [-0.4, -0.2) is 5.75 Å². The predicted octanol–water partition coefficient (Wildman–Crippen LogP) is 3.77. The summed E-state index contributed by atoms with van der Waals surface area (Å²) in [5.41, 5.74) is 0.666. The lowest BCUT2D eigenvalue weighted by molar-refractivity contribution is -0.0809. The van der Waals surface area contributed by atoms with Crippen LogP contribution < -0.4 is 4.89 Å². The van der Waals surface area contributed by atoms with Gasteiger partial charge in [0.05, 0.1) is 5.02 Å². The van der Waals surface area contributed by atoms with Crippen LogP contribution in [0.2, 0.25) is 5.02 Å². The minimum absolute atomic E-state index is 0.00144. The van der Waals surface area contributed by atoms with E-state index in [4.69, 9.17) is 16.5 Å². The summed E-state index contributed by atoms with van der Waals surface area (Å²) in [6.07, 6.45) is 0. The smallest absolute Gasteiger partial charge is 0.203 e. The van der Waals surface area contributed by atoms with Crippen LogP contribution in [0.1, 0.15) is 12.5 Å². The van der Waals surface area contributed by atoms with Crippen molar-refractivity contribution in [3.63, 3.8) is 0 Å². The van der Waals surface area contributed by atoms with Crippen molar-refractivity contribution in [2.75, 3.05) is 5.75 Å². The van der Waals surface area contributed by atoms with Gasteiger partial charge in [0, 0.05) is 17.8 Å². The Morgan fingerprint density at radius 1 is 1.50 bits per heavy atom. The standard InChI is InChI=1S/C9H10ClFO2S/c1-3-14-13-12-7-5-4-6(2)8(10)9(7)11/h4-5H,3H2,1-2H3. The molecular formula is C9H10ClFO2S. The van der Waals surface area contributed by atoms with Crippen molar-refractivity contribution in [3.05, 3.63) is 28.5 Å². The normalized spacial score (nSPS) is 10.3. The molecule has 1 rings (SSSR count). The van der Waals surface area contributed by atoms with E-state index >= 15 is 0 Å². The van der Waals surface area contributed by atoms with Gasteiger partial charge in [-0.1, -0.05) is 24.6 Å². The van der Waals surface area contributed by atoms with Crippen LogP contribution in [0.4, 0.5) is 4.39 Å². The van der Waals surface area contributed by atoms with Gasteiger partial charge in [-0.25, -0.2) is 4.39 Å². The van der Waals surface area contributed by atoms with E-state index in [1.54, 1.807) is 13.0 Å². The van der Waals surface area contributed by atoms with E-state index < -0.39 is 5.82 Å². The number of hydrogen-bond acceptors (Lipinski definition) is 3. The zero-order valence-corrected chi connectivity index (χ0v) is 9.41. The number of aryl methyl sites for hydroxylation is 1. The molecule has 2 nitrogen and oxygen atoms in total. The van der Waals surface area contributed by atoms with Crippen molar-refractivity contribution in [1.29, 1.82) is 0 Å². The van der Waals surface area contributed by atoms with Gasteiger partial charge in [-0.3, -0.25) is 0 Å². The first-order valence-electron chi connectivity index (χ1n) is 4.07. The van der Waals surface area contributed by atoms with E-state index in [0.717, 1.165) is 17.8 Å². The summed E-state index contributed by atoms with van der Waals surface area (Å²) in [7, 11) is 0. The van der Waals surface area contributed by atoms with Gasteiger partial charge in [-0.2, -0.15) is 0 Å². The monoisotopic (exact) mass is 236 g/mol. The molecule has 0 bridgehead atoms. The summed E-state index contributed by atoms with van der Waals surface area (Å²) >= 11 is 6.77. The van der Waals surface area contributed by atoms with Gasteiger partial charge < -0.3 is 4.89 Å². The van der Waals surface area contributed by atoms with Crippen LogP contribution in [0.25, 0.3) is 0 Å². The van der Waals surface area contributed by atoms with E-state index in [1.165, 1.54) is 6.07 Å². The molecule has 0 aliphatic rings. The Hall–Kier alpha value is -0.450. The predicted molar refractivity (Wildman–Crippen MR) is 56.0 cm³/mol. The van der Waals surface area contributed by atoms with Crippen LogP contribution in [-0.2, 0) is 4.33 Å². The van der Waals surface area contributed by atoms with Crippen LogP contribution in [0.5, 0.6) is 5.75 Å². The van der Waals surface area contributed by atoms with Crippen molar-refractivity contribution in [2.45, 2.75) is 13.8 Å². The molecule has 1 aromatic carbocycles. The van der Waals surface area contributed by atoms with Crippen molar-refractivity contribution in [2.24, 2.45) is 0 Å². The Bertz CT molecular complexity index is 320.